The molecule has 3 N–H and O–H groups in total. The van der Waals surface area contributed by atoms with E-state index in [4.69, 9.17) is 18.9 Å². The van der Waals surface area contributed by atoms with E-state index in [1.54, 1.807) is 24.3 Å². The zero-order chi connectivity index (χ0) is 24.7. The van der Waals surface area contributed by atoms with Crippen molar-refractivity contribution in [2.45, 2.75) is 31.8 Å². The minimum absolute atomic E-state index is 0.0250. The molecule has 0 fully saturated rings. The number of aromatic hydroxyl groups is 2. The molecule has 8 nitrogen and oxygen atoms in total. The summed E-state index contributed by atoms with van der Waals surface area (Å²) in [5, 5.41) is 29.5. The highest BCUT2D eigenvalue weighted by molar-refractivity contribution is 5.82. The quantitative estimate of drug-likeness (QED) is 0.360. The van der Waals surface area contributed by atoms with Crippen LogP contribution >= 0.6 is 0 Å². The largest absolute Gasteiger partial charge is 0.508 e. The first-order valence-electron chi connectivity index (χ1n) is 11.3. The molecule has 0 saturated heterocycles. The van der Waals surface area contributed by atoms with E-state index in [0.717, 1.165) is 39.1 Å². The van der Waals surface area contributed by atoms with E-state index in [9.17, 15) is 20.1 Å². The molecule has 35 heavy (non-hydrogen) atoms. The Morgan fingerprint density at radius 3 is 2.66 bits per heavy atom. The van der Waals surface area contributed by atoms with Crippen molar-refractivity contribution in [2.75, 3.05) is 20.5 Å². The van der Waals surface area contributed by atoms with Gasteiger partial charge in [0.1, 0.15) is 30.0 Å². The van der Waals surface area contributed by atoms with Gasteiger partial charge in [-0.1, -0.05) is 18.2 Å². The maximum Gasteiger partial charge on any atom is 0.302 e. The van der Waals surface area contributed by atoms with Crippen molar-refractivity contribution in [3.63, 3.8) is 0 Å². The number of hydrogen-bond acceptors (Lipinski definition) is 8. The average Bonchev–Trinajstić information content (AvgIpc) is 3.21. The summed E-state index contributed by atoms with van der Waals surface area (Å²) in [4.78, 5) is 11.6. The van der Waals surface area contributed by atoms with Gasteiger partial charge in [-0.25, -0.2) is 0 Å². The zero-order valence-electron chi connectivity index (χ0n) is 19.4. The van der Waals surface area contributed by atoms with Gasteiger partial charge in [-0.05, 0) is 47.7 Å². The van der Waals surface area contributed by atoms with E-state index in [1.165, 1.54) is 20.1 Å². The number of esters is 1. The van der Waals surface area contributed by atoms with Crippen LogP contribution in [-0.2, 0) is 22.4 Å². The van der Waals surface area contributed by atoms with E-state index >= 15 is 0 Å². The number of rotatable bonds is 6. The third-order valence-electron chi connectivity index (χ3n) is 6.60. The number of hydrogen-bond donors (Lipinski definition) is 3. The number of fused-ring (bicyclic) bond motifs is 5. The van der Waals surface area contributed by atoms with Crippen LogP contribution in [0.5, 0.6) is 28.7 Å². The number of aliphatic hydroxyl groups is 1. The van der Waals surface area contributed by atoms with Crippen LogP contribution in [0.4, 0.5) is 0 Å². The molecule has 0 radical (unpaired) electrons. The predicted octanol–water partition coefficient (Wildman–Crippen LogP) is 3.98. The van der Waals surface area contributed by atoms with Crippen LogP contribution in [0, 0.1) is 0 Å². The van der Waals surface area contributed by atoms with Crippen LogP contribution in [0.15, 0.2) is 42.5 Å². The van der Waals surface area contributed by atoms with Gasteiger partial charge < -0.3 is 34.3 Å². The summed E-state index contributed by atoms with van der Waals surface area (Å²) in [5.74, 6) is 0.923. The first-order chi connectivity index (χ1) is 16.9. The Hall–Kier alpha value is -3.91. The molecule has 0 spiro atoms. The van der Waals surface area contributed by atoms with Crippen LogP contribution in [-0.4, -0.2) is 41.8 Å². The Balaban J connectivity index is 1.62. The number of aliphatic hydroxyl groups excluding tert-OH is 1. The van der Waals surface area contributed by atoms with Crippen LogP contribution in [0.3, 0.4) is 0 Å². The highest BCUT2D eigenvalue weighted by Crippen LogP contribution is 2.53. The summed E-state index contributed by atoms with van der Waals surface area (Å²) in [6, 6.07) is 12.2. The standard InChI is InChI=1S/C27H26O8/c1-14(29)33-12-21-20-7-6-18-19(5-3-15-9-17(30)11-24(25(15)18)34-13-28)27(20)35-26(21)16-4-8-22(31)23(10-16)32-2/h4,6-11,21,26,28,30-31H,3,5,12-13H2,1-2H3. The number of methoxy groups -OCH3 is 1. The Kier molecular flexibility index (Phi) is 5.90. The second-order valence-electron chi connectivity index (χ2n) is 8.64. The van der Waals surface area contributed by atoms with E-state index in [-0.39, 0.29) is 30.0 Å². The summed E-state index contributed by atoms with van der Waals surface area (Å²) in [6.45, 7) is 0.997. The molecule has 182 valence electrons. The Morgan fingerprint density at radius 1 is 1.09 bits per heavy atom. The van der Waals surface area contributed by atoms with Crippen molar-refractivity contribution in [1.82, 2.24) is 0 Å². The molecule has 0 aromatic heterocycles. The molecule has 1 aliphatic carbocycles. The van der Waals surface area contributed by atoms with E-state index in [2.05, 4.69) is 0 Å². The van der Waals surface area contributed by atoms with Gasteiger partial charge in [0.05, 0.1) is 13.0 Å². The van der Waals surface area contributed by atoms with E-state index < -0.39 is 12.9 Å². The molecule has 1 heterocycles. The smallest absolute Gasteiger partial charge is 0.302 e. The predicted molar refractivity (Wildman–Crippen MR) is 126 cm³/mol. The average molecular weight is 478 g/mol. The topological polar surface area (TPSA) is 115 Å². The van der Waals surface area contributed by atoms with E-state index in [0.29, 0.717) is 24.3 Å². The number of ether oxygens (including phenoxy) is 4. The van der Waals surface area contributed by atoms with Crippen molar-refractivity contribution in [1.29, 1.82) is 0 Å². The first kappa shape index (κ1) is 22.9. The van der Waals surface area contributed by atoms with Crippen LogP contribution in [0.25, 0.3) is 11.1 Å². The number of phenols is 2. The molecular weight excluding hydrogens is 452 g/mol. The third kappa shape index (κ3) is 4.00. The Labute approximate surface area is 202 Å². The number of phenolic OH excluding ortho intramolecular Hbond substituents is 2. The number of carbonyl (C=O) groups is 1. The lowest BCUT2D eigenvalue weighted by molar-refractivity contribution is -0.141. The van der Waals surface area contributed by atoms with Gasteiger partial charge in [-0.15, -0.1) is 0 Å². The second kappa shape index (κ2) is 9.03. The Bertz CT molecular complexity index is 1300. The van der Waals surface area contributed by atoms with Crippen LogP contribution < -0.4 is 14.2 Å². The SMILES string of the molecule is COc1cc(C2Oc3c(ccc4c3CCc3cc(O)cc(OCO)c3-4)C2COC(C)=O)ccc1O. The number of benzene rings is 3. The molecule has 3 aromatic rings. The van der Waals surface area contributed by atoms with Crippen LogP contribution in [0.1, 0.15) is 41.2 Å². The summed E-state index contributed by atoms with van der Waals surface area (Å²) in [6.07, 6.45) is 0.879. The maximum atomic E-state index is 11.6. The van der Waals surface area contributed by atoms with Gasteiger partial charge in [0.2, 0.25) is 0 Å². The molecule has 2 aliphatic rings. The van der Waals surface area contributed by atoms with Gasteiger partial charge in [0.15, 0.2) is 18.3 Å². The van der Waals surface area contributed by atoms with E-state index in [1.807, 2.05) is 12.1 Å². The monoisotopic (exact) mass is 478 g/mol. The maximum absolute atomic E-state index is 11.6. The fourth-order valence-corrected chi connectivity index (χ4v) is 5.09. The van der Waals surface area contributed by atoms with Gasteiger partial charge in [0.25, 0.3) is 0 Å². The molecule has 2 unspecified atom stereocenters. The minimum atomic E-state index is -0.512. The zero-order valence-corrected chi connectivity index (χ0v) is 19.4. The highest BCUT2D eigenvalue weighted by atomic mass is 16.6. The number of aryl methyl sites for hydroxylation is 1. The fraction of sp³-hybridized carbons (Fsp3) is 0.296. The summed E-state index contributed by atoms with van der Waals surface area (Å²) >= 11 is 0. The van der Waals surface area contributed by atoms with Crippen molar-refractivity contribution < 1.29 is 39.1 Å². The van der Waals surface area contributed by atoms with Crippen LogP contribution in [0.2, 0.25) is 0 Å². The molecule has 2 atom stereocenters. The lowest BCUT2D eigenvalue weighted by Crippen LogP contribution is -2.17. The first-order valence-corrected chi connectivity index (χ1v) is 11.3. The normalized spacial score (nSPS) is 17.6. The lowest BCUT2D eigenvalue weighted by Gasteiger charge is -2.24. The fourth-order valence-electron chi connectivity index (χ4n) is 5.09. The third-order valence-corrected chi connectivity index (χ3v) is 6.60. The van der Waals surface area contributed by atoms with Crippen molar-refractivity contribution in [3.8, 4) is 39.9 Å². The van der Waals surface area contributed by atoms with Crippen molar-refractivity contribution >= 4 is 5.97 Å². The summed E-state index contributed by atoms with van der Waals surface area (Å²) < 4.78 is 22.7. The van der Waals surface area contributed by atoms with Gasteiger partial charge >= 0.3 is 5.97 Å². The highest BCUT2D eigenvalue weighted by Gasteiger charge is 2.40. The molecule has 3 aromatic carbocycles. The van der Waals surface area contributed by atoms with Gasteiger partial charge in [-0.2, -0.15) is 0 Å². The molecule has 5 rings (SSSR count). The summed E-state index contributed by atoms with van der Waals surface area (Å²) in [5.41, 5.74) is 5.35. The van der Waals surface area contributed by atoms with Crippen molar-refractivity contribution in [2.24, 2.45) is 0 Å². The molecular formula is C27H26O8. The summed E-state index contributed by atoms with van der Waals surface area (Å²) in [7, 11) is 1.48. The Morgan fingerprint density at radius 2 is 1.91 bits per heavy atom. The molecule has 0 bridgehead atoms. The molecule has 0 saturated carbocycles. The second-order valence-corrected chi connectivity index (χ2v) is 8.64. The van der Waals surface area contributed by atoms with Gasteiger partial charge in [0, 0.05) is 29.7 Å². The van der Waals surface area contributed by atoms with Crippen molar-refractivity contribution in [3.05, 3.63) is 64.7 Å². The molecule has 0 amide bonds. The van der Waals surface area contributed by atoms with Gasteiger partial charge in [-0.3, -0.25) is 4.79 Å². The minimum Gasteiger partial charge on any atom is -0.508 e. The number of carbonyl (C=O) groups excluding carboxylic acids is 1. The molecule has 8 heteroatoms. The lowest BCUT2D eigenvalue weighted by atomic mass is 9.82. The molecule has 1 aliphatic heterocycles.